The van der Waals surface area contributed by atoms with Crippen LogP contribution in [0.1, 0.15) is 10.5 Å². The zero-order chi connectivity index (χ0) is 10.7. The average molecular weight is 207 g/mol. The fourth-order valence-electron chi connectivity index (χ4n) is 1.53. The van der Waals surface area contributed by atoms with E-state index in [1.54, 1.807) is 12.1 Å². The van der Waals surface area contributed by atoms with Gasteiger partial charge in [-0.3, -0.25) is 4.79 Å². The van der Waals surface area contributed by atoms with E-state index in [0.29, 0.717) is 18.9 Å². The topological polar surface area (TPSA) is 68.5 Å². The highest BCUT2D eigenvalue weighted by molar-refractivity contribution is 5.91. The molecule has 1 amide bonds. The number of hydrogen-bond acceptors (Lipinski definition) is 4. The summed E-state index contributed by atoms with van der Waals surface area (Å²) >= 11 is 0. The van der Waals surface area contributed by atoms with Crippen LogP contribution < -0.4 is 10.6 Å². The Balaban J connectivity index is 2.19. The molecular formula is C10H13N3O2. The molecule has 1 fully saturated rings. The maximum Gasteiger partial charge on any atom is 0.267 e. The molecule has 5 nitrogen and oxygen atoms in total. The first-order chi connectivity index (χ1) is 7.27. The number of carbonyl (C=O) groups is 1. The highest BCUT2D eigenvalue weighted by Crippen LogP contribution is 2.12. The van der Waals surface area contributed by atoms with Crippen molar-refractivity contribution in [1.82, 2.24) is 4.98 Å². The molecule has 1 aromatic rings. The van der Waals surface area contributed by atoms with Crippen LogP contribution in [0.2, 0.25) is 0 Å². The largest absolute Gasteiger partial charge is 0.378 e. The summed E-state index contributed by atoms with van der Waals surface area (Å²) in [5.41, 5.74) is 5.47. The summed E-state index contributed by atoms with van der Waals surface area (Å²) in [4.78, 5) is 17.2. The molecule has 0 bridgehead atoms. The van der Waals surface area contributed by atoms with Gasteiger partial charge in [-0.2, -0.15) is 0 Å². The van der Waals surface area contributed by atoms with Gasteiger partial charge in [0.25, 0.3) is 5.91 Å². The first-order valence-corrected chi connectivity index (χ1v) is 4.87. The maximum absolute atomic E-state index is 11.0. The number of pyridine rings is 1. The number of anilines is 1. The van der Waals surface area contributed by atoms with E-state index in [2.05, 4.69) is 9.88 Å². The van der Waals surface area contributed by atoms with Crippen molar-refractivity contribution in [3.8, 4) is 0 Å². The molecule has 2 rings (SSSR count). The number of rotatable bonds is 2. The SMILES string of the molecule is NC(=O)c1cccc(N2CCOCC2)n1. The summed E-state index contributed by atoms with van der Waals surface area (Å²) in [6.07, 6.45) is 0. The molecule has 1 aromatic heterocycles. The van der Waals surface area contributed by atoms with Gasteiger partial charge in [0.1, 0.15) is 11.5 Å². The van der Waals surface area contributed by atoms with Crippen LogP contribution in [0.5, 0.6) is 0 Å². The second-order valence-electron chi connectivity index (χ2n) is 3.34. The normalized spacial score (nSPS) is 16.4. The predicted octanol–water partition coefficient (Wildman–Crippen LogP) is 0.0171. The van der Waals surface area contributed by atoms with Gasteiger partial charge in [-0.25, -0.2) is 4.98 Å². The highest BCUT2D eigenvalue weighted by Gasteiger charge is 2.13. The molecule has 0 unspecified atom stereocenters. The van der Waals surface area contributed by atoms with Gasteiger partial charge in [0, 0.05) is 13.1 Å². The molecule has 0 aromatic carbocycles. The van der Waals surface area contributed by atoms with Gasteiger partial charge in [0.05, 0.1) is 13.2 Å². The van der Waals surface area contributed by atoms with E-state index in [-0.39, 0.29) is 0 Å². The van der Waals surface area contributed by atoms with E-state index in [1.165, 1.54) is 0 Å². The van der Waals surface area contributed by atoms with Gasteiger partial charge in [-0.15, -0.1) is 0 Å². The number of nitrogens with zero attached hydrogens (tertiary/aromatic N) is 2. The van der Waals surface area contributed by atoms with Gasteiger partial charge in [-0.05, 0) is 12.1 Å². The number of nitrogens with two attached hydrogens (primary N) is 1. The Kier molecular flexibility index (Phi) is 2.82. The molecular weight excluding hydrogens is 194 g/mol. The highest BCUT2D eigenvalue weighted by atomic mass is 16.5. The molecule has 80 valence electrons. The van der Waals surface area contributed by atoms with Crippen LogP contribution in [-0.4, -0.2) is 37.2 Å². The molecule has 15 heavy (non-hydrogen) atoms. The summed E-state index contributed by atoms with van der Waals surface area (Å²) in [6.45, 7) is 3.00. The van der Waals surface area contributed by atoms with Crippen molar-refractivity contribution >= 4 is 11.7 Å². The lowest BCUT2D eigenvalue weighted by molar-refractivity contribution is 0.0995. The smallest absolute Gasteiger partial charge is 0.267 e. The Morgan fingerprint density at radius 3 is 2.80 bits per heavy atom. The molecule has 1 saturated heterocycles. The van der Waals surface area contributed by atoms with Crippen LogP contribution in [0.15, 0.2) is 18.2 Å². The molecule has 0 atom stereocenters. The third-order valence-corrected chi connectivity index (χ3v) is 2.32. The van der Waals surface area contributed by atoms with Gasteiger partial charge < -0.3 is 15.4 Å². The quantitative estimate of drug-likeness (QED) is 0.742. The first kappa shape index (κ1) is 9.92. The molecule has 0 radical (unpaired) electrons. The number of amides is 1. The minimum absolute atomic E-state index is 0.305. The van der Waals surface area contributed by atoms with E-state index in [9.17, 15) is 4.79 Å². The van der Waals surface area contributed by atoms with E-state index in [0.717, 1.165) is 18.9 Å². The molecule has 0 saturated carbocycles. The van der Waals surface area contributed by atoms with Crippen LogP contribution in [-0.2, 0) is 4.74 Å². The fourth-order valence-corrected chi connectivity index (χ4v) is 1.53. The second-order valence-corrected chi connectivity index (χ2v) is 3.34. The van der Waals surface area contributed by atoms with Crippen LogP contribution in [0.3, 0.4) is 0 Å². The van der Waals surface area contributed by atoms with Gasteiger partial charge in [-0.1, -0.05) is 6.07 Å². The standard InChI is InChI=1S/C10H13N3O2/c11-10(14)8-2-1-3-9(12-8)13-4-6-15-7-5-13/h1-3H,4-7H2,(H2,11,14). The Morgan fingerprint density at radius 1 is 1.40 bits per heavy atom. The third kappa shape index (κ3) is 2.24. The minimum Gasteiger partial charge on any atom is -0.378 e. The van der Waals surface area contributed by atoms with E-state index in [4.69, 9.17) is 10.5 Å². The summed E-state index contributed by atoms with van der Waals surface area (Å²) in [5, 5.41) is 0. The van der Waals surface area contributed by atoms with Crippen LogP contribution in [0.25, 0.3) is 0 Å². The number of hydrogen-bond donors (Lipinski definition) is 1. The molecule has 1 aliphatic heterocycles. The maximum atomic E-state index is 11.0. The molecule has 0 aliphatic carbocycles. The number of morpholine rings is 1. The summed E-state index contributed by atoms with van der Waals surface area (Å²) < 4.78 is 5.24. The lowest BCUT2D eigenvalue weighted by Gasteiger charge is -2.27. The molecule has 2 heterocycles. The van der Waals surface area contributed by atoms with Gasteiger partial charge in [0.15, 0.2) is 0 Å². The summed E-state index contributed by atoms with van der Waals surface area (Å²) in [7, 11) is 0. The van der Waals surface area contributed by atoms with E-state index in [1.807, 2.05) is 6.07 Å². The van der Waals surface area contributed by atoms with Crippen LogP contribution >= 0.6 is 0 Å². The van der Waals surface area contributed by atoms with Crippen molar-refractivity contribution in [2.75, 3.05) is 31.2 Å². The third-order valence-electron chi connectivity index (χ3n) is 2.32. The number of primary amides is 1. The monoisotopic (exact) mass is 207 g/mol. The number of aromatic nitrogens is 1. The van der Waals surface area contributed by atoms with Gasteiger partial charge in [0.2, 0.25) is 0 Å². The van der Waals surface area contributed by atoms with Crippen molar-refractivity contribution in [1.29, 1.82) is 0 Å². The van der Waals surface area contributed by atoms with Crippen molar-refractivity contribution < 1.29 is 9.53 Å². The molecule has 2 N–H and O–H groups in total. The zero-order valence-electron chi connectivity index (χ0n) is 8.35. The molecule has 0 spiro atoms. The second kappa shape index (κ2) is 4.27. The summed E-state index contributed by atoms with van der Waals surface area (Å²) in [5.74, 6) is 0.291. The van der Waals surface area contributed by atoms with Crippen LogP contribution in [0, 0.1) is 0 Å². The Labute approximate surface area is 87.8 Å². The van der Waals surface area contributed by atoms with Gasteiger partial charge >= 0.3 is 0 Å². The number of ether oxygens (including phenoxy) is 1. The average Bonchev–Trinajstić information content (AvgIpc) is 2.30. The zero-order valence-corrected chi connectivity index (χ0v) is 8.35. The van der Waals surface area contributed by atoms with Crippen molar-refractivity contribution in [3.63, 3.8) is 0 Å². The molecule has 1 aliphatic rings. The first-order valence-electron chi connectivity index (χ1n) is 4.87. The lowest BCUT2D eigenvalue weighted by Crippen LogP contribution is -2.37. The Hall–Kier alpha value is -1.62. The number of carbonyl (C=O) groups excluding carboxylic acids is 1. The van der Waals surface area contributed by atoms with Crippen LogP contribution in [0.4, 0.5) is 5.82 Å². The van der Waals surface area contributed by atoms with Crippen molar-refractivity contribution in [3.05, 3.63) is 23.9 Å². The van der Waals surface area contributed by atoms with E-state index < -0.39 is 5.91 Å². The van der Waals surface area contributed by atoms with Crippen molar-refractivity contribution in [2.24, 2.45) is 5.73 Å². The minimum atomic E-state index is -0.495. The predicted molar refractivity (Wildman–Crippen MR) is 55.8 cm³/mol. The van der Waals surface area contributed by atoms with Crippen molar-refractivity contribution in [2.45, 2.75) is 0 Å². The Bertz CT molecular complexity index is 361. The van der Waals surface area contributed by atoms with E-state index >= 15 is 0 Å². The Morgan fingerprint density at radius 2 is 2.13 bits per heavy atom. The molecule has 5 heteroatoms. The summed E-state index contributed by atoms with van der Waals surface area (Å²) in [6, 6.07) is 5.28. The fraction of sp³-hybridized carbons (Fsp3) is 0.400. The lowest BCUT2D eigenvalue weighted by atomic mass is 10.3.